The predicted molar refractivity (Wildman–Crippen MR) is 121 cm³/mol. The van der Waals surface area contributed by atoms with Gasteiger partial charge >= 0.3 is 11.9 Å². The molecular formula is C25H48O4. The summed E-state index contributed by atoms with van der Waals surface area (Å²) in [6.07, 6.45) is 25.0. The molecule has 0 bridgehead atoms. The van der Waals surface area contributed by atoms with Gasteiger partial charge in [-0.05, 0) is 19.8 Å². The van der Waals surface area contributed by atoms with Crippen molar-refractivity contribution in [2.75, 3.05) is 6.61 Å². The van der Waals surface area contributed by atoms with Gasteiger partial charge in [0.05, 0.1) is 6.61 Å². The molecule has 0 rings (SSSR count). The second-order valence-electron chi connectivity index (χ2n) is 8.42. The Kier molecular flexibility index (Phi) is 22.4. The number of hydrogen-bond acceptors (Lipinski definition) is 3. The van der Waals surface area contributed by atoms with Gasteiger partial charge in [-0.2, -0.15) is 0 Å². The molecule has 0 radical (unpaired) electrons. The predicted octanol–water partition coefficient (Wildman–Crippen LogP) is 7.83. The number of ether oxygens (including phenoxy) is 1. The van der Waals surface area contributed by atoms with Crippen molar-refractivity contribution in [2.45, 2.75) is 142 Å². The molecule has 1 N–H and O–H groups in total. The number of carboxylic acids is 1. The molecule has 0 unspecified atom stereocenters. The molecule has 0 aromatic carbocycles. The first kappa shape index (κ1) is 27.9. The van der Waals surface area contributed by atoms with Crippen molar-refractivity contribution in [3.05, 3.63) is 0 Å². The van der Waals surface area contributed by atoms with E-state index in [1.165, 1.54) is 96.3 Å². The third kappa shape index (κ3) is 24.9. The van der Waals surface area contributed by atoms with E-state index in [1.54, 1.807) is 0 Å². The van der Waals surface area contributed by atoms with Crippen molar-refractivity contribution >= 4 is 11.9 Å². The van der Waals surface area contributed by atoms with Gasteiger partial charge in [0, 0.05) is 12.8 Å². The van der Waals surface area contributed by atoms with Crippen molar-refractivity contribution in [3.63, 3.8) is 0 Å². The summed E-state index contributed by atoms with van der Waals surface area (Å²) in [7, 11) is 0. The Morgan fingerprint density at radius 3 is 1.07 bits per heavy atom. The molecule has 0 aromatic rings. The zero-order valence-electron chi connectivity index (χ0n) is 19.2. The average Bonchev–Trinajstić information content (AvgIpc) is 2.69. The molecule has 0 aliphatic rings. The first-order chi connectivity index (χ1) is 14.2. The van der Waals surface area contributed by atoms with Crippen LogP contribution in [-0.2, 0) is 14.3 Å². The summed E-state index contributed by atoms with van der Waals surface area (Å²) < 4.78 is 4.93. The highest BCUT2D eigenvalue weighted by Gasteiger charge is 2.00. The number of rotatable bonds is 23. The molecule has 0 saturated carbocycles. The molecule has 0 aliphatic carbocycles. The van der Waals surface area contributed by atoms with Crippen molar-refractivity contribution in [1.82, 2.24) is 0 Å². The minimum atomic E-state index is -0.663. The molecular weight excluding hydrogens is 364 g/mol. The SMILES string of the molecule is CCOC(=O)CCCCCCCCCCCCCCCCCCCCCC(=O)O. The minimum Gasteiger partial charge on any atom is -0.481 e. The monoisotopic (exact) mass is 412 g/mol. The Labute approximate surface area is 180 Å². The molecule has 0 saturated heterocycles. The van der Waals surface area contributed by atoms with Crippen LogP contribution in [0.1, 0.15) is 142 Å². The van der Waals surface area contributed by atoms with Crippen LogP contribution in [-0.4, -0.2) is 23.7 Å². The lowest BCUT2D eigenvalue weighted by atomic mass is 10.0. The van der Waals surface area contributed by atoms with Crippen LogP contribution in [0.5, 0.6) is 0 Å². The zero-order chi connectivity index (χ0) is 21.4. The number of hydrogen-bond donors (Lipinski definition) is 1. The van der Waals surface area contributed by atoms with Gasteiger partial charge in [-0.1, -0.05) is 109 Å². The van der Waals surface area contributed by atoms with E-state index in [0.29, 0.717) is 19.4 Å². The minimum absolute atomic E-state index is 0.0440. The highest BCUT2D eigenvalue weighted by Crippen LogP contribution is 2.15. The highest BCUT2D eigenvalue weighted by molar-refractivity contribution is 5.69. The molecule has 0 aliphatic heterocycles. The summed E-state index contributed by atoms with van der Waals surface area (Å²) in [5.74, 6) is -0.707. The number of carboxylic acid groups (broad SMARTS) is 1. The lowest BCUT2D eigenvalue weighted by molar-refractivity contribution is -0.143. The molecule has 4 nitrogen and oxygen atoms in total. The van der Waals surface area contributed by atoms with Crippen LogP contribution in [0, 0.1) is 0 Å². The summed E-state index contributed by atoms with van der Waals surface area (Å²) in [6, 6.07) is 0. The molecule has 0 aromatic heterocycles. The number of unbranched alkanes of at least 4 members (excludes halogenated alkanes) is 18. The Morgan fingerprint density at radius 1 is 0.517 bits per heavy atom. The van der Waals surface area contributed by atoms with Gasteiger partial charge in [-0.25, -0.2) is 0 Å². The summed E-state index contributed by atoms with van der Waals surface area (Å²) in [5.41, 5.74) is 0. The van der Waals surface area contributed by atoms with Gasteiger partial charge in [0.15, 0.2) is 0 Å². The van der Waals surface area contributed by atoms with E-state index in [1.807, 2.05) is 6.92 Å². The third-order valence-electron chi connectivity index (χ3n) is 5.58. The highest BCUT2D eigenvalue weighted by atomic mass is 16.5. The van der Waals surface area contributed by atoms with Crippen LogP contribution in [0.25, 0.3) is 0 Å². The molecule has 0 heterocycles. The van der Waals surface area contributed by atoms with Crippen molar-refractivity contribution in [3.8, 4) is 0 Å². The maximum absolute atomic E-state index is 11.2. The van der Waals surface area contributed by atoms with Crippen LogP contribution in [0.3, 0.4) is 0 Å². The van der Waals surface area contributed by atoms with Gasteiger partial charge in [0.2, 0.25) is 0 Å². The van der Waals surface area contributed by atoms with E-state index < -0.39 is 5.97 Å². The lowest BCUT2D eigenvalue weighted by Crippen LogP contribution is -2.03. The van der Waals surface area contributed by atoms with Crippen LogP contribution in [0.4, 0.5) is 0 Å². The van der Waals surface area contributed by atoms with Crippen molar-refractivity contribution in [2.24, 2.45) is 0 Å². The second-order valence-corrected chi connectivity index (χ2v) is 8.42. The van der Waals surface area contributed by atoms with Gasteiger partial charge in [0.1, 0.15) is 0 Å². The van der Waals surface area contributed by atoms with Gasteiger partial charge in [-0.3, -0.25) is 9.59 Å². The number of carbonyl (C=O) groups excluding carboxylic acids is 1. The molecule has 29 heavy (non-hydrogen) atoms. The Hall–Kier alpha value is -1.06. The largest absolute Gasteiger partial charge is 0.481 e. The van der Waals surface area contributed by atoms with Crippen molar-refractivity contribution < 1.29 is 19.4 Å². The Bertz CT molecular complexity index is 368. The fourth-order valence-electron chi connectivity index (χ4n) is 3.78. The number of esters is 1. The van der Waals surface area contributed by atoms with E-state index >= 15 is 0 Å². The molecule has 4 heteroatoms. The second kappa shape index (κ2) is 23.2. The Morgan fingerprint density at radius 2 is 0.793 bits per heavy atom. The van der Waals surface area contributed by atoms with Crippen LogP contribution >= 0.6 is 0 Å². The quantitative estimate of drug-likeness (QED) is 0.137. The fourth-order valence-corrected chi connectivity index (χ4v) is 3.78. The van der Waals surface area contributed by atoms with Gasteiger partial charge < -0.3 is 9.84 Å². The van der Waals surface area contributed by atoms with E-state index in [2.05, 4.69) is 0 Å². The summed E-state index contributed by atoms with van der Waals surface area (Å²) in [6.45, 7) is 2.36. The van der Waals surface area contributed by atoms with E-state index in [4.69, 9.17) is 9.84 Å². The molecule has 0 spiro atoms. The standard InChI is InChI=1S/C25H48O4/c1-2-29-25(28)23-21-19-17-15-13-11-9-7-5-3-4-6-8-10-12-14-16-18-20-22-24(26)27/h2-23H2,1H3,(H,26,27). The molecule has 0 fully saturated rings. The topological polar surface area (TPSA) is 63.6 Å². The molecule has 0 atom stereocenters. The normalized spacial score (nSPS) is 10.9. The maximum atomic E-state index is 11.2. The van der Waals surface area contributed by atoms with Crippen LogP contribution < -0.4 is 0 Å². The molecule has 172 valence electrons. The van der Waals surface area contributed by atoms with Crippen LogP contribution in [0.15, 0.2) is 0 Å². The fraction of sp³-hybridized carbons (Fsp3) is 0.920. The third-order valence-corrected chi connectivity index (χ3v) is 5.58. The first-order valence-electron chi connectivity index (χ1n) is 12.5. The number of carbonyl (C=O) groups is 2. The van der Waals surface area contributed by atoms with Gasteiger partial charge in [-0.15, -0.1) is 0 Å². The van der Waals surface area contributed by atoms with Crippen LogP contribution in [0.2, 0.25) is 0 Å². The zero-order valence-corrected chi connectivity index (χ0v) is 19.2. The first-order valence-corrected chi connectivity index (χ1v) is 12.5. The summed E-state index contributed by atoms with van der Waals surface area (Å²) in [4.78, 5) is 21.6. The number of aliphatic carboxylic acids is 1. The lowest BCUT2D eigenvalue weighted by Gasteiger charge is -2.04. The van der Waals surface area contributed by atoms with Crippen molar-refractivity contribution in [1.29, 1.82) is 0 Å². The average molecular weight is 413 g/mol. The van der Waals surface area contributed by atoms with E-state index in [9.17, 15) is 9.59 Å². The molecule has 0 amide bonds. The Balaban J connectivity index is 3.05. The van der Waals surface area contributed by atoms with E-state index in [-0.39, 0.29) is 5.97 Å². The summed E-state index contributed by atoms with van der Waals surface area (Å²) in [5, 5.41) is 8.58. The smallest absolute Gasteiger partial charge is 0.305 e. The summed E-state index contributed by atoms with van der Waals surface area (Å²) >= 11 is 0. The maximum Gasteiger partial charge on any atom is 0.305 e. The van der Waals surface area contributed by atoms with E-state index in [0.717, 1.165) is 25.7 Å². The van der Waals surface area contributed by atoms with Gasteiger partial charge in [0.25, 0.3) is 0 Å².